The van der Waals surface area contributed by atoms with Gasteiger partial charge in [-0.1, -0.05) is 37.3 Å². The van der Waals surface area contributed by atoms with Crippen molar-refractivity contribution in [2.45, 2.75) is 19.9 Å². The number of carbonyl (C=O) groups excluding carboxylic acids is 2. The molecular formula is C16H19N3O3S. The van der Waals surface area contributed by atoms with Crippen LogP contribution in [0.25, 0.3) is 0 Å². The van der Waals surface area contributed by atoms with Gasteiger partial charge >= 0.3 is 5.97 Å². The second-order valence-electron chi connectivity index (χ2n) is 4.80. The minimum Gasteiger partial charge on any atom is -0.451 e. The molecule has 0 aliphatic carbocycles. The van der Waals surface area contributed by atoms with Crippen LogP contribution in [0, 0.1) is 0 Å². The quantitative estimate of drug-likeness (QED) is 0.725. The molecule has 0 unspecified atom stereocenters. The lowest BCUT2D eigenvalue weighted by Crippen LogP contribution is -2.29. The predicted octanol–water partition coefficient (Wildman–Crippen LogP) is 2.44. The summed E-state index contributed by atoms with van der Waals surface area (Å²) in [6, 6.07) is 9.89. The summed E-state index contributed by atoms with van der Waals surface area (Å²) >= 11 is 1.32. The molecule has 1 amide bonds. The zero-order valence-electron chi connectivity index (χ0n) is 12.9. The van der Waals surface area contributed by atoms with Crippen molar-refractivity contribution in [3.63, 3.8) is 0 Å². The highest BCUT2D eigenvalue weighted by Gasteiger charge is 2.13. The molecule has 7 heteroatoms. The molecule has 0 spiro atoms. The first kappa shape index (κ1) is 17.0. The number of esters is 1. The van der Waals surface area contributed by atoms with Gasteiger partial charge in [-0.05, 0) is 12.0 Å². The van der Waals surface area contributed by atoms with Crippen molar-refractivity contribution < 1.29 is 14.3 Å². The highest BCUT2D eigenvalue weighted by molar-refractivity contribution is 7.13. The Morgan fingerprint density at radius 1 is 1.26 bits per heavy atom. The predicted molar refractivity (Wildman–Crippen MR) is 89.5 cm³/mol. The Hall–Kier alpha value is -2.41. The number of amides is 1. The smallest absolute Gasteiger partial charge is 0.358 e. The van der Waals surface area contributed by atoms with Crippen molar-refractivity contribution in [2.24, 2.45) is 0 Å². The van der Waals surface area contributed by atoms with Gasteiger partial charge in [0.05, 0.1) is 0 Å². The van der Waals surface area contributed by atoms with Gasteiger partial charge in [0.15, 0.2) is 17.4 Å². The number of nitrogens with zero attached hydrogens (tertiary/aromatic N) is 1. The lowest BCUT2D eigenvalue weighted by atomic mass is 10.2. The van der Waals surface area contributed by atoms with Gasteiger partial charge in [-0.2, -0.15) is 0 Å². The van der Waals surface area contributed by atoms with E-state index in [0.717, 1.165) is 12.0 Å². The van der Waals surface area contributed by atoms with Crippen LogP contribution in [-0.2, 0) is 16.1 Å². The Kier molecular flexibility index (Phi) is 6.56. The maximum absolute atomic E-state index is 11.8. The van der Waals surface area contributed by atoms with E-state index in [0.29, 0.717) is 18.2 Å². The highest BCUT2D eigenvalue weighted by Crippen LogP contribution is 2.17. The Morgan fingerprint density at radius 2 is 2.04 bits per heavy atom. The molecule has 0 bridgehead atoms. The number of hydrogen-bond donors (Lipinski definition) is 2. The largest absolute Gasteiger partial charge is 0.451 e. The lowest BCUT2D eigenvalue weighted by molar-refractivity contribution is -0.124. The number of anilines is 1. The zero-order valence-corrected chi connectivity index (χ0v) is 13.7. The fourth-order valence-corrected chi connectivity index (χ4v) is 2.42. The monoisotopic (exact) mass is 333 g/mol. The molecule has 0 fully saturated rings. The van der Waals surface area contributed by atoms with Crippen LogP contribution in [0.3, 0.4) is 0 Å². The molecule has 0 saturated heterocycles. The normalized spacial score (nSPS) is 10.1. The van der Waals surface area contributed by atoms with Crippen LogP contribution in [0.1, 0.15) is 29.4 Å². The Labute approximate surface area is 138 Å². The Bertz CT molecular complexity index is 643. The highest BCUT2D eigenvalue weighted by atomic mass is 32.1. The maximum atomic E-state index is 11.8. The first-order chi connectivity index (χ1) is 11.2. The maximum Gasteiger partial charge on any atom is 0.358 e. The molecule has 122 valence electrons. The topological polar surface area (TPSA) is 80.3 Å². The number of hydrogen-bond acceptors (Lipinski definition) is 6. The van der Waals surface area contributed by atoms with E-state index in [-0.39, 0.29) is 18.2 Å². The molecular weight excluding hydrogens is 314 g/mol. The summed E-state index contributed by atoms with van der Waals surface area (Å²) in [5, 5.41) is 8.03. The summed E-state index contributed by atoms with van der Waals surface area (Å²) in [5.41, 5.74) is 1.33. The molecule has 23 heavy (non-hydrogen) atoms. The number of benzene rings is 1. The summed E-state index contributed by atoms with van der Waals surface area (Å²) in [6.45, 7) is 2.86. The van der Waals surface area contributed by atoms with E-state index in [4.69, 9.17) is 4.74 Å². The Morgan fingerprint density at radius 3 is 2.78 bits per heavy atom. The number of carbonyl (C=O) groups is 2. The van der Waals surface area contributed by atoms with E-state index in [9.17, 15) is 9.59 Å². The van der Waals surface area contributed by atoms with Crippen molar-refractivity contribution >= 4 is 28.3 Å². The van der Waals surface area contributed by atoms with Gasteiger partial charge in [0.25, 0.3) is 5.91 Å². The van der Waals surface area contributed by atoms with Crippen LogP contribution in [-0.4, -0.2) is 30.0 Å². The molecule has 1 heterocycles. The molecule has 2 aromatic rings. The van der Waals surface area contributed by atoms with Gasteiger partial charge in [0.2, 0.25) is 0 Å². The van der Waals surface area contributed by atoms with E-state index < -0.39 is 5.97 Å². The number of aromatic nitrogens is 1. The summed E-state index contributed by atoms with van der Waals surface area (Å²) in [6.07, 6.45) is 0.836. The number of rotatable bonds is 8. The third kappa shape index (κ3) is 5.71. The Balaban J connectivity index is 1.79. The van der Waals surface area contributed by atoms with Crippen molar-refractivity contribution in [3.8, 4) is 0 Å². The molecule has 1 aromatic heterocycles. The fraction of sp³-hybridized carbons (Fsp3) is 0.312. The van der Waals surface area contributed by atoms with Gasteiger partial charge in [0.1, 0.15) is 0 Å². The van der Waals surface area contributed by atoms with Crippen molar-refractivity contribution in [3.05, 3.63) is 47.0 Å². The molecule has 0 saturated carbocycles. The second kappa shape index (κ2) is 8.89. The van der Waals surface area contributed by atoms with Crippen LogP contribution in [0.15, 0.2) is 35.7 Å². The zero-order chi connectivity index (χ0) is 16.5. The van der Waals surface area contributed by atoms with Gasteiger partial charge in [-0.25, -0.2) is 9.78 Å². The molecule has 2 N–H and O–H groups in total. The SMILES string of the molecule is CCCNC(=O)COC(=O)c1csc(NCc2ccccc2)n1. The third-order valence-electron chi connectivity index (χ3n) is 2.91. The van der Waals surface area contributed by atoms with E-state index in [2.05, 4.69) is 15.6 Å². The van der Waals surface area contributed by atoms with Gasteiger partial charge in [-0.15, -0.1) is 11.3 Å². The van der Waals surface area contributed by atoms with Gasteiger partial charge in [0, 0.05) is 18.5 Å². The number of nitrogens with one attached hydrogen (secondary N) is 2. The fourth-order valence-electron chi connectivity index (χ4n) is 1.74. The third-order valence-corrected chi connectivity index (χ3v) is 3.71. The van der Waals surface area contributed by atoms with Crippen molar-refractivity contribution in [1.82, 2.24) is 10.3 Å². The molecule has 6 nitrogen and oxygen atoms in total. The van der Waals surface area contributed by atoms with Gasteiger partial charge < -0.3 is 15.4 Å². The lowest BCUT2D eigenvalue weighted by Gasteiger charge is -2.04. The van der Waals surface area contributed by atoms with E-state index in [1.54, 1.807) is 5.38 Å². The molecule has 0 atom stereocenters. The second-order valence-corrected chi connectivity index (χ2v) is 5.66. The van der Waals surface area contributed by atoms with Crippen LogP contribution in [0.4, 0.5) is 5.13 Å². The molecule has 0 radical (unpaired) electrons. The summed E-state index contributed by atoms with van der Waals surface area (Å²) in [4.78, 5) is 27.4. The summed E-state index contributed by atoms with van der Waals surface area (Å²) in [7, 11) is 0. The number of thiazole rings is 1. The van der Waals surface area contributed by atoms with Crippen molar-refractivity contribution in [1.29, 1.82) is 0 Å². The molecule has 1 aromatic carbocycles. The molecule has 0 aliphatic heterocycles. The average Bonchev–Trinajstić information content (AvgIpc) is 3.06. The van der Waals surface area contributed by atoms with Gasteiger partial charge in [-0.3, -0.25) is 4.79 Å². The van der Waals surface area contributed by atoms with E-state index >= 15 is 0 Å². The van der Waals surface area contributed by atoms with E-state index in [1.165, 1.54) is 11.3 Å². The average molecular weight is 333 g/mol. The van der Waals surface area contributed by atoms with Crippen LogP contribution < -0.4 is 10.6 Å². The number of ether oxygens (including phenoxy) is 1. The minimum atomic E-state index is -0.597. The van der Waals surface area contributed by atoms with Crippen LogP contribution >= 0.6 is 11.3 Å². The van der Waals surface area contributed by atoms with E-state index in [1.807, 2.05) is 37.3 Å². The first-order valence-electron chi connectivity index (χ1n) is 7.36. The van der Waals surface area contributed by atoms with Crippen LogP contribution in [0.2, 0.25) is 0 Å². The molecule has 2 rings (SSSR count). The summed E-state index contributed by atoms with van der Waals surface area (Å²) in [5.74, 6) is -0.904. The molecule has 0 aliphatic rings. The van der Waals surface area contributed by atoms with Crippen LogP contribution in [0.5, 0.6) is 0 Å². The minimum absolute atomic E-state index is 0.203. The first-order valence-corrected chi connectivity index (χ1v) is 8.24. The summed E-state index contributed by atoms with van der Waals surface area (Å²) < 4.78 is 4.93. The van der Waals surface area contributed by atoms with Crippen molar-refractivity contribution in [2.75, 3.05) is 18.5 Å². The standard InChI is InChI=1S/C16H19N3O3S/c1-2-8-17-14(20)10-22-15(21)13-11-23-16(19-13)18-9-12-6-4-3-5-7-12/h3-7,11H,2,8-10H2,1H3,(H,17,20)(H,18,19).